The van der Waals surface area contributed by atoms with Crippen LogP contribution in [0.3, 0.4) is 0 Å². The van der Waals surface area contributed by atoms with E-state index >= 15 is 0 Å². The summed E-state index contributed by atoms with van der Waals surface area (Å²) in [5, 5.41) is 26.8. The number of thioether (sulfide) groups is 1. The van der Waals surface area contributed by atoms with Crippen molar-refractivity contribution in [1.82, 2.24) is 36.2 Å². The number of carbonyl (C=O) groups excluding carboxylic acids is 4. The summed E-state index contributed by atoms with van der Waals surface area (Å²) in [6.45, 7) is 0.351. The normalized spacial score (nSPS) is 24.6. The summed E-state index contributed by atoms with van der Waals surface area (Å²) in [5.41, 5.74) is 2.95. The van der Waals surface area contributed by atoms with Gasteiger partial charge < -0.3 is 26.4 Å². The number of halogens is 2. The molecule has 3 saturated heterocycles. The van der Waals surface area contributed by atoms with Gasteiger partial charge in [0.15, 0.2) is 0 Å². The minimum atomic E-state index is -0.619. The minimum absolute atomic E-state index is 0.00423. The van der Waals surface area contributed by atoms with E-state index in [1.807, 2.05) is 0 Å². The van der Waals surface area contributed by atoms with Gasteiger partial charge in [0.05, 0.1) is 59.2 Å². The molecule has 3 aliphatic rings. The fraction of sp³-hybridized carbons (Fsp3) is 0.536. The number of hydrazone groups is 1. The van der Waals surface area contributed by atoms with Crippen LogP contribution < -0.4 is 32.3 Å². The van der Waals surface area contributed by atoms with Crippen molar-refractivity contribution in [2.75, 3.05) is 18.8 Å². The number of amides is 4. The maximum absolute atomic E-state index is 13.2. The van der Waals surface area contributed by atoms with E-state index in [-0.39, 0.29) is 79.5 Å². The quantitative estimate of drug-likeness (QED) is 0.104. The molecule has 5 rings (SSSR count). The van der Waals surface area contributed by atoms with Gasteiger partial charge in [0.25, 0.3) is 11.5 Å². The Morgan fingerprint density at radius 3 is 2.80 bits per heavy atom. The van der Waals surface area contributed by atoms with E-state index in [9.17, 15) is 29.1 Å². The fourth-order valence-electron chi connectivity index (χ4n) is 5.60. The third-order valence-electron chi connectivity index (χ3n) is 8.00. The van der Waals surface area contributed by atoms with Crippen LogP contribution in [0.5, 0.6) is 0 Å². The molecule has 5 atom stereocenters. The average Bonchev–Trinajstić information content (AvgIpc) is 3.56. The van der Waals surface area contributed by atoms with Gasteiger partial charge >= 0.3 is 6.03 Å². The number of nitrogens with one attached hydrogen (secondary N) is 5. The molecule has 45 heavy (non-hydrogen) atoms. The molecule has 3 fully saturated rings. The number of aliphatic hydroxyl groups excluding tert-OH is 1. The smallest absolute Gasteiger partial charge is 0.315 e. The number of hydrogen-bond acceptors (Lipinski definition) is 10. The molecule has 6 N–H and O–H groups in total. The average molecular weight is 726 g/mol. The van der Waals surface area contributed by atoms with Crippen LogP contribution in [-0.2, 0) is 20.9 Å². The summed E-state index contributed by atoms with van der Waals surface area (Å²) in [6.07, 6.45) is 2.68. The summed E-state index contributed by atoms with van der Waals surface area (Å²) < 4.78 is 1.97. The van der Waals surface area contributed by atoms with Crippen LogP contribution in [0.4, 0.5) is 4.79 Å². The SMILES string of the molecule is O=C(CCC(=O)NCC(=O)N/N=C(\C[C@@H]1NCCC[C@H]1O)Cn1cnc2cc(Br)c(Cl)cc2c1=O)CC1SCC2NC(=O)NC21. The Bertz CT molecular complexity index is 1570. The van der Waals surface area contributed by atoms with E-state index in [1.165, 1.54) is 17.0 Å². The number of urea groups is 1. The van der Waals surface area contributed by atoms with Crippen molar-refractivity contribution in [3.05, 3.63) is 38.3 Å². The summed E-state index contributed by atoms with van der Waals surface area (Å²) in [4.78, 5) is 66.5. The summed E-state index contributed by atoms with van der Waals surface area (Å²) in [6, 6.07) is 2.56. The lowest BCUT2D eigenvalue weighted by Gasteiger charge is -2.29. The first-order valence-electron chi connectivity index (χ1n) is 14.6. The molecule has 4 amide bonds. The van der Waals surface area contributed by atoms with Crippen molar-refractivity contribution < 1.29 is 24.3 Å². The molecule has 4 heterocycles. The highest BCUT2D eigenvalue weighted by Gasteiger charge is 2.43. The number of Topliss-reactive ketones (excluding diaryl/α,β-unsaturated/α-hetero) is 1. The van der Waals surface area contributed by atoms with Gasteiger partial charge in [-0.25, -0.2) is 15.2 Å². The van der Waals surface area contributed by atoms with Gasteiger partial charge in [0.1, 0.15) is 5.78 Å². The van der Waals surface area contributed by atoms with Crippen molar-refractivity contribution in [3.63, 3.8) is 0 Å². The van der Waals surface area contributed by atoms with E-state index < -0.39 is 17.9 Å². The molecule has 0 aliphatic carbocycles. The number of piperidine rings is 1. The highest BCUT2D eigenvalue weighted by atomic mass is 79.9. The van der Waals surface area contributed by atoms with Crippen LogP contribution in [0.15, 0.2) is 32.8 Å². The maximum atomic E-state index is 13.2. The lowest BCUT2D eigenvalue weighted by atomic mass is 9.96. The molecular formula is C28H34BrClN8O6S. The van der Waals surface area contributed by atoms with Gasteiger partial charge in [-0.1, -0.05) is 11.6 Å². The Kier molecular flexibility index (Phi) is 11.1. The molecule has 0 saturated carbocycles. The topological polar surface area (TPSA) is 196 Å². The molecule has 3 unspecified atom stereocenters. The number of carbonyl (C=O) groups is 4. The van der Waals surface area contributed by atoms with Gasteiger partial charge in [0.2, 0.25) is 5.91 Å². The number of fused-ring (bicyclic) bond motifs is 2. The third kappa shape index (κ3) is 8.61. The van der Waals surface area contributed by atoms with Crippen LogP contribution in [0, 0.1) is 0 Å². The summed E-state index contributed by atoms with van der Waals surface area (Å²) in [5.74, 6) is -0.399. The van der Waals surface area contributed by atoms with Crippen LogP contribution in [0.25, 0.3) is 10.9 Å². The number of aromatic nitrogens is 2. The first kappa shape index (κ1) is 33.3. The number of hydrogen-bond donors (Lipinski definition) is 6. The molecule has 0 spiro atoms. The second-order valence-corrected chi connectivity index (χ2v) is 13.8. The van der Waals surface area contributed by atoms with Crippen LogP contribution in [0.1, 0.15) is 38.5 Å². The monoisotopic (exact) mass is 724 g/mol. The first-order chi connectivity index (χ1) is 21.6. The highest BCUT2D eigenvalue weighted by Crippen LogP contribution is 2.32. The zero-order valence-corrected chi connectivity index (χ0v) is 27.3. The zero-order valence-electron chi connectivity index (χ0n) is 24.2. The molecule has 2 aromatic rings. The first-order valence-corrected chi connectivity index (χ1v) is 16.9. The van der Waals surface area contributed by atoms with E-state index in [1.54, 1.807) is 17.8 Å². The Morgan fingerprint density at radius 2 is 2.00 bits per heavy atom. The van der Waals surface area contributed by atoms with Crippen molar-refractivity contribution in [3.8, 4) is 0 Å². The predicted molar refractivity (Wildman–Crippen MR) is 173 cm³/mol. The van der Waals surface area contributed by atoms with Crippen molar-refractivity contribution in [1.29, 1.82) is 0 Å². The van der Waals surface area contributed by atoms with Crippen molar-refractivity contribution >= 4 is 79.5 Å². The van der Waals surface area contributed by atoms with Gasteiger partial charge in [-0.2, -0.15) is 16.9 Å². The molecule has 1 aromatic carbocycles. The Balaban J connectivity index is 1.15. The van der Waals surface area contributed by atoms with Gasteiger partial charge in [-0.3, -0.25) is 23.7 Å². The third-order valence-corrected chi connectivity index (χ3v) is 10.6. The molecule has 0 bridgehead atoms. The molecule has 242 valence electrons. The van der Waals surface area contributed by atoms with Crippen LogP contribution in [0.2, 0.25) is 5.02 Å². The van der Waals surface area contributed by atoms with E-state index in [2.05, 4.69) is 52.7 Å². The van der Waals surface area contributed by atoms with E-state index in [0.717, 1.165) is 18.7 Å². The predicted octanol–water partition coefficient (Wildman–Crippen LogP) is 0.809. The lowest BCUT2D eigenvalue weighted by molar-refractivity contribution is -0.127. The molecule has 17 heteroatoms. The Labute approximate surface area is 276 Å². The minimum Gasteiger partial charge on any atom is -0.391 e. The molecular weight excluding hydrogens is 692 g/mol. The summed E-state index contributed by atoms with van der Waals surface area (Å²) in [7, 11) is 0. The molecule has 3 aliphatic heterocycles. The highest BCUT2D eigenvalue weighted by molar-refractivity contribution is 9.10. The zero-order chi connectivity index (χ0) is 32.1. The number of aliphatic hydroxyl groups is 1. The van der Waals surface area contributed by atoms with E-state index in [0.29, 0.717) is 32.5 Å². The maximum Gasteiger partial charge on any atom is 0.315 e. The molecule has 1 aromatic heterocycles. The van der Waals surface area contributed by atoms with Gasteiger partial charge in [-0.05, 0) is 47.4 Å². The van der Waals surface area contributed by atoms with Crippen molar-refractivity contribution in [2.24, 2.45) is 5.10 Å². The summed E-state index contributed by atoms with van der Waals surface area (Å²) >= 11 is 11.2. The number of nitrogens with zero attached hydrogens (tertiary/aromatic N) is 3. The Hall–Kier alpha value is -3.05. The lowest BCUT2D eigenvalue weighted by Crippen LogP contribution is -2.46. The number of rotatable bonds is 12. The van der Waals surface area contributed by atoms with E-state index in [4.69, 9.17) is 11.6 Å². The number of ketones is 1. The molecule has 0 radical (unpaired) electrons. The Morgan fingerprint density at radius 1 is 1.18 bits per heavy atom. The number of benzene rings is 1. The van der Waals surface area contributed by atoms with Crippen molar-refractivity contribution in [2.45, 2.75) is 74.5 Å². The second kappa shape index (κ2) is 15.0. The molecule has 14 nitrogen and oxygen atoms in total. The van der Waals surface area contributed by atoms with Gasteiger partial charge in [-0.15, -0.1) is 0 Å². The largest absolute Gasteiger partial charge is 0.391 e. The fourth-order valence-corrected chi connectivity index (χ4v) is 7.61. The second-order valence-electron chi connectivity index (χ2n) is 11.3. The standard InChI is InChI=1S/C28H34BrClN8O6S/c29-17-9-19-16(8-18(17)30)27(43)38(13-33-19)11-14(6-20-22(40)2-1-5-31-20)36-37-25(42)10-32-24(41)4-3-15(39)7-23-26-21(12-45-23)34-28(44)35-26/h8-9,13,20-23,26,31,40H,1-7,10-12H2,(H,32,41)(H,37,42)(H2,34,35,44)/b36-14+/t20-,21?,22+,23?,26?/m0/s1. The van der Waals surface area contributed by atoms with Crippen LogP contribution in [-0.4, -0.2) is 92.3 Å². The van der Waals surface area contributed by atoms with Crippen LogP contribution >= 0.6 is 39.3 Å². The van der Waals surface area contributed by atoms with Gasteiger partial charge in [0, 0.05) is 47.2 Å².